The Morgan fingerprint density at radius 3 is 2.31 bits per heavy atom. The van der Waals surface area contributed by atoms with E-state index in [-0.39, 0.29) is 23.9 Å². The maximum atomic E-state index is 12.7. The molecule has 0 N–H and O–H groups in total. The summed E-state index contributed by atoms with van der Waals surface area (Å²) in [6.45, 7) is 3.75. The van der Waals surface area contributed by atoms with Crippen molar-refractivity contribution in [2.45, 2.75) is 32.1 Å². The minimum atomic E-state index is -0.291. The lowest BCUT2D eigenvalue weighted by Gasteiger charge is -2.32. The van der Waals surface area contributed by atoms with Crippen molar-refractivity contribution in [3.8, 4) is 11.1 Å². The fourth-order valence-electron chi connectivity index (χ4n) is 4.54. The first-order valence-electron chi connectivity index (χ1n) is 10.4. The van der Waals surface area contributed by atoms with Crippen molar-refractivity contribution in [1.82, 2.24) is 4.90 Å². The molecule has 0 saturated carbocycles. The van der Waals surface area contributed by atoms with E-state index in [1.165, 1.54) is 22.3 Å². The number of ether oxygens (including phenoxy) is 2. The highest BCUT2D eigenvalue weighted by Gasteiger charge is 2.31. The molecule has 0 bridgehead atoms. The first kappa shape index (κ1) is 19.5. The van der Waals surface area contributed by atoms with Gasteiger partial charge in [-0.2, -0.15) is 0 Å². The van der Waals surface area contributed by atoms with E-state index < -0.39 is 0 Å². The molecule has 0 spiro atoms. The molecular weight excluding hydrogens is 366 g/mol. The summed E-state index contributed by atoms with van der Waals surface area (Å²) in [5.41, 5.74) is 4.86. The van der Waals surface area contributed by atoms with E-state index in [9.17, 15) is 9.59 Å². The third-order valence-electron chi connectivity index (χ3n) is 5.87. The Balaban J connectivity index is 1.39. The van der Waals surface area contributed by atoms with Crippen LogP contribution >= 0.6 is 0 Å². The van der Waals surface area contributed by atoms with Crippen molar-refractivity contribution in [3.05, 3.63) is 59.7 Å². The van der Waals surface area contributed by atoms with E-state index in [1.807, 2.05) is 31.2 Å². The van der Waals surface area contributed by atoms with Crippen LogP contribution in [0.2, 0.25) is 0 Å². The lowest BCUT2D eigenvalue weighted by atomic mass is 9.95. The number of hydrogen-bond donors (Lipinski definition) is 0. The molecule has 5 heteroatoms. The Kier molecular flexibility index (Phi) is 5.84. The van der Waals surface area contributed by atoms with Crippen LogP contribution in [-0.4, -0.2) is 43.3 Å². The average Bonchev–Trinajstić information content (AvgIpc) is 3.06. The summed E-state index contributed by atoms with van der Waals surface area (Å²) in [6.07, 6.45) is 1.89. The first-order valence-corrected chi connectivity index (χ1v) is 10.4. The molecule has 1 unspecified atom stereocenters. The minimum absolute atomic E-state index is 0.0615. The molecule has 4 rings (SSSR count). The van der Waals surface area contributed by atoms with Crippen LogP contribution in [0.1, 0.15) is 43.2 Å². The number of hydrogen-bond acceptors (Lipinski definition) is 4. The molecule has 2 aliphatic rings. The quantitative estimate of drug-likeness (QED) is 0.697. The molecule has 152 valence electrons. The van der Waals surface area contributed by atoms with Crippen LogP contribution in [0.25, 0.3) is 11.1 Å². The van der Waals surface area contributed by atoms with Crippen LogP contribution in [0, 0.1) is 5.92 Å². The number of fused-ring (bicyclic) bond motifs is 3. The SMILES string of the molecule is CCOC(=O)CC1CCCN(C(=O)OCC2c3ccccc3-c3ccccc32)C1. The van der Waals surface area contributed by atoms with E-state index in [0.29, 0.717) is 32.7 Å². The number of benzene rings is 2. The van der Waals surface area contributed by atoms with Crippen molar-refractivity contribution in [2.75, 3.05) is 26.3 Å². The van der Waals surface area contributed by atoms with Gasteiger partial charge in [0, 0.05) is 19.0 Å². The molecule has 5 nitrogen and oxygen atoms in total. The third-order valence-corrected chi connectivity index (χ3v) is 5.87. The Morgan fingerprint density at radius 1 is 1.00 bits per heavy atom. The number of amides is 1. The van der Waals surface area contributed by atoms with E-state index in [0.717, 1.165) is 12.8 Å². The third kappa shape index (κ3) is 4.14. The topological polar surface area (TPSA) is 55.8 Å². The lowest BCUT2D eigenvalue weighted by Crippen LogP contribution is -2.41. The molecule has 1 fully saturated rings. The van der Waals surface area contributed by atoms with Crippen molar-refractivity contribution in [1.29, 1.82) is 0 Å². The fourth-order valence-corrected chi connectivity index (χ4v) is 4.54. The monoisotopic (exact) mass is 393 g/mol. The van der Waals surface area contributed by atoms with Crippen molar-refractivity contribution in [3.63, 3.8) is 0 Å². The number of carbonyl (C=O) groups excluding carboxylic acids is 2. The average molecular weight is 393 g/mol. The molecule has 29 heavy (non-hydrogen) atoms. The van der Waals surface area contributed by atoms with Gasteiger partial charge in [-0.1, -0.05) is 48.5 Å². The molecule has 0 aromatic heterocycles. The molecule has 1 saturated heterocycles. The van der Waals surface area contributed by atoms with E-state index in [1.54, 1.807) is 4.90 Å². The van der Waals surface area contributed by atoms with Gasteiger partial charge in [-0.3, -0.25) is 4.79 Å². The van der Waals surface area contributed by atoms with Gasteiger partial charge in [0.1, 0.15) is 6.61 Å². The predicted molar refractivity (Wildman–Crippen MR) is 111 cm³/mol. The second-order valence-electron chi connectivity index (χ2n) is 7.77. The van der Waals surface area contributed by atoms with Gasteiger partial charge in [0.05, 0.1) is 13.0 Å². The molecule has 2 aromatic rings. The second-order valence-corrected chi connectivity index (χ2v) is 7.77. The van der Waals surface area contributed by atoms with Crippen LogP contribution in [0.3, 0.4) is 0 Å². The standard InChI is InChI=1S/C24H27NO4/c1-2-28-23(26)14-17-8-7-13-25(15-17)24(27)29-16-22-20-11-5-3-9-18(20)19-10-4-6-12-21(19)22/h3-6,9-12,17,22H,2,7-8,13-16H2,1H3. The predicted octanol–water partition coefficient (Wildman–Crippen LogP) is 4.60. The molecule has 1 aliphatic heterocycles. The molecule has 1 atom stereocenters. The van der Waals surface area contributed by atoms with Gasteiger partial charge in [0.25, 0.3) is 0 Å². The summed E-state index contributed by atoms with van der Waals surface area (Å²) >= 11 is 0. The molecular formula is C24H27NO4. The van der Waals surface area contributed by atoms with E-state index >= 15 is 0 Å². The Bertz CT molecular complexity index is 848. The van der Waals surface area contributed by atoms with Gasteiger partial charge in [-0.25, -0.2) is 4.79 Å². The zero-order valence-corrected chi connectivity index (χ0v) is 16.8. The number of carbonyl (C=O) groups is 2. The zero-order chi connectivity index (χ0) is 20.2. The summed E-state index contributed by atoms with van der Waals surface area (Å²) in [5, 5.41) is 0. The van der Waals surface area contributed by atoms with Crippen molar-refractivity contribution >= 4 is 12.1 Å². The van der Waals surface area contributed by atoms with E-state index in [4.69, 9.17) is 9.47 Å². The molecule has 1 heterocycles. The summed E-state index contributed by atoms with van der Waals surface area (Å²) in [5.74, 6) is 0.0154. The minimum Gasteiger partial charge on any atom is -0.466 e. The van der Waals surface area contributed by atoms with Gasteiger partial charge in [-0.05, 0) is 47.9 Å². The number of esters is 1. The Labute approximate surface area is 171 Å². The molecule has 1 amide bonds. The number of likely N-dealkylation sites (tertiary alicyclic amines) is 1. The Hall–Kier alpha value is -2.82. The summed E-state index contributed by atoms with van der Waals surface area (Å²) in [4.78, 5) is 26.2. The fraction of sp³-hybridized carbons (Fsp3) is 0.417. The lowest BCUT2D eigenvalue weighted by molar-refractivity contribution is -0.144. The van der Waals surface area contributed by atoms with Crippen molar-refractivity contribution < 1.29 is 19.1 Å². The maximum Gasteiger partial charge on any atom is 0.409 e. The highest BCUT2D eigenvalue weighted by atomic mass is 16.6. The van der Waals surface area contributed by atoms with Crippen LogP contribution in [0.4, 0.5) is 4.79 Å². The number of piperidine rings is 1. The number of nitrogens with zero attached hydrogens (tertiary/aromatic N) is 1. The summed E-state index contributed by atoms with van der Waals surface area (Å²) in [7, 11) is 0. The number of rotatable bonds is 5. The van der Waals surface area contributed by atoms with E-state index in [2.05, 4.69) is 24.3 Å². The van der Waals surface area contributed by atoms with Crippen LogP contribution in [0.15, 0.2) is 48.5 Å². The second kappa shape index (κ2) is 8.68. The van der Waals surface area contributed by atoms with Crippen molar-refractivity contribution in [2.24, 2.45) is 5.92 Å². The highest BCUT2D eigenvalue weighted by molar-refractivity contribution is 5.79. The van der Waals surface area contributed by atoms with Crippen LogP contribution in [-0.2, 0) is 14.3 Å². The zero-order valence-electron chi connectivity index (χ0n) is 16.8. The Morgan fingerprint density at radius 2 is 1.66 bits per heavy atom. The van der Waals surface area contributed by atoms with Gasteiger partial charge >= 0.3 is 12.1 Å². The van der Waals surface area contributed by atoms with Gasteiger partial charge < -0.3 is 14.4 Å². The highest BCUT2D eigenvalue weighted by Crippen LogP contribution is 2.44. The summed E-state index contributed by atoms with van der Waals surface area (Å²) < 4.78 is 10.8. The maximum absolute atomic E-state index is 12.7. The summed E-state index contributed by atoms with van der Waals surface area (Å²) in [6, 6.07) is 16.6. The smallest absolute Gasteiger partial charge is 0.409 e. The van der Waals surface area contributed by atoms with Crippen LogP contribution in [0.5, 0.6) is 0 Å². The molecule has 1 aliphatic carbocycles. The molecule has 2 aromatic carbocycles. The normalized spacial score (nSPS) is 18.1. The van der Waals surface area contributed by atoms with Gasteiger partial charge in [-0.15, -0.1) is 0 Å². The molecule has 0 radical (unpaired) electrons. The van der Waals surface area contributed by atoms with Gasteiger partial charge in [0.2, 0.25) is 0 Å². The van der Waals surface area contributed by atoms with Gasteiger partial charge in [0.15, 0.2) is 0 Å². The largest absolute Gasteiger partial charge is 0.466 e. The first-order chi connectivity index (χ1) is 14.2. The van der Waals surface area contributed by atoms with Crippen LogP contribution < -0.4 is 0 Å².